The van der Waals surface area contributed by atoms with Crippen LogP contribution in [0.2, 0.25) is 0 Å². The highest BCUT2D eigenvalue weighted by Gasteiger charge is 2.15. The Morgan fingerprint density at radius 1 is 1.04 bits per heavy atom. The predicted octanol–water partition coefficient (Wildman–Crippen LogP) is 3.69. The van der Waals surface area contributed by atoms with Crippen LogP contribution in [-0.2, 0) is 0 Å². The predicted molar refractivity (Wildman–Crippen MR) is 110 cm³/mol. The second kappa shape index (κ2) is 8.59. The highest BCUT2D eigenvalue weighted by atomic mass is 16.5. The highest BCUT2D eigenvalue weighted by molar-refractivity contribution is 5.80. The molecule has 0 aliphatic carbocycles. The van der Waals surface area contributed by atoms with Crippen molar-refractivity contribution in [3.05, 3.63) is 64.8 Å². The SMILES string of the molecule is O=c1cc(-c2ccccc2)oc2cc(OCC(O)CN3CCCCC3)ccc12. The molecule has 1 atom stereocenters. The average molecular weight is 379 g/mol. The summed E-state index contributed by atoms with van der Waals surface area (Å²) >= 11 is 0. The summed E-state index contributed by atoms with van der Waals surface area (Å²) in [6.07, 6.45) is 3.12. The summed E-state index contributed by atoms with van der Waals surface area (Å²) in [4.78, 5) is 14.7. The topological polar surface area (TPSA) is 62.9 Å². The van der Waals surface area contributed by atoms with E-state index in [-0.39, 0.29) is 12.0 Å². The summed E-state index contributed by atoms with van der Waals surface area (Å²) in [6, 6.07) is 16.2. The molecule has 2 aromatic carbocycles. The molecule has 0 radical (unpaired) electrons. The lowest BCUT2D eigenvalue weighted by Gasteiger charge is -2.28. The maximum Gasteiger partial charge on any atom is 0.193 e. The van der Waals surface area contributed by atoms with Gasteiger partial charge in [-0.25, -0.2) is 0 Å². The Kier molecular flexibility index (Phi) is 5.74. The maximum atomic E-state index is 12.4. The molecule has 1 fully saturated rings. The number of hydrogen-bond donors (Lipinski definition) is 1. The van der Waals surface area contributed by atoms with Crippen LogP contribution in [0.5, 0.6) is 5.75 Å². The van der Waals surface area contributed by atoms with Gasteiger partial charge in [0.1, 0.15) is 29.8 Å². The van der Waals surface area contributed by atoms with Gasteiger partial charge in [-0.15, -0.1) is 0 Å². The molecule has 146 valence electrons. The average Bonchev–Trinajstić information content (AvgIpc) is 2.73. The van der Waals surface area contributed by atoms with E-state index in [0.717, 1.165) is 18.7 Å². The summed E-state index contributed by atoms with van der Waals surface area (Å²) in [7, 11) is 0. The first-order chi connectivity index (χ1) is 13.7. The van der Waals surface area contributed by atoms with Crippen LogP contribution < -0.4 is 10.2 Å². The van der Waals surface area contributed by atoms with Crippen molar-refractivity contribution >= 4 is 11.0 Å². The zero-order valence-electron chi connectivity index (χ0n) is 15.8. The van der Waals surface area contributed by atoms with Gasteiger partial charge in [-0.3, -0.25) is 4.79 Å². The maximum absolute atomic E-state index is 12.4. The number of nitrogens with zero attached hydrogens (tertiary/aromatic N) is 1. The number of benzene rings is 2. The van der Waals surface area contributed by atoms with Crippen LogP contribution in [0.15, 0.2) is 63.8 Å². The first-order valence-corrected chi connectivity index (χ1v) is 9.85. The molecule has 0 bridgehead atoms. The fourth-order valence-corrected chi connectivity index (χ4v) is 3.66. The van der Waals surface area contributed by atoms with Gasteiger partial charge < -0.3 is 19.2 Å². The Hall–Kier alpha value is -2.63. The summed E-state index contributed by atoms with van der Waals surface area (Å²) in [6.45, 7) is 2.92. The molecule has 1 aliphatic rings. The molecule has 2 heterocycles. The van der Waals surface area contributed by atoms with Crippen LogP contribution in [0, 0.1) is 0 Å². The van der Waals surface area contributed by atoms with Gasteiger partial charge in [0.15, 0.2) is 5.43 Å². The Labute approximate surface area is 164 Å². The molecule has 1 unspecified atom stereocenters. The molecule has 1 saturated heterocycles. The number of aliphatic hydroxyl groups excluding tert-OH is 1. The largest absolute Gasteiger partial charge is 0.491 e. The Morgan fingerprint density at radius 2 is 1.82 bits per heavy atom. The fraction of sp³-hybridized carbons (Fsp3) is 0.348. The van der Waals surface area contributed by atoms with Crippen molar-refractivity contribution in [1.82, 2.24) is 4.90 Å². The number of hydrogen-bond acceptors (Lipinski definition) is 5. The number of fused-ring (bicyclic) bond motifs is 1. The van der Waals surface area contributed by atoms with E-state index in [2.05, 4.69) is 4.90 Å². The van der Waals surface area contributed by atoms with Gasteiger partial charge in [-0.2, -0.15) is 0 Å². The van der Waals surface area contributed by atoms with E-state index < -0.39 is 6.10 Å². The Balaban J connectivity index is 1.48. The number of rotatable bonds is 6. The van der Waals surface area contributed by atoms with E-state index in [1.165, 1.54) is 25.3 Å². The number of likely N-dealkylation sites (tertiary alicyclic amines) is 1. The minimum absolute atomic E-state index is 0.0863. The normalized spacial score (nSPS) is 16.2. The third-order valence-corrected chi connectivity index (χ3v) is 5.12. The summed E-state index contributed by atoms with van der Waals surface area (Å²) in [5.41, 5.74) is 1.25. The monoisotopic (exact) mass is 379 g/mol. The third kappa shape index (κ3) is 4.43. The molecular weight excluding hydrogens is 354 g/mol. The van der Waals surface area contributed by atoms with Crippen LogP contribution in [0.1, 0.15) is 19.3 Å². The van der Waals surface area contributed by atoms with Gasteiger partial charge >= 0.3 is 0 Å². The van der Waals surface area contributed by atoms with Crippen LogP contribution in [-0.4, -0.2) is 42.4 Å². The van der Waals surface area contributed by atoms with E-state index in [9.17, 15) is 9.90 Å². The number of piperidine rings is 1. The standard InChI is InChI=1S/C23H25NO4/c25-18(15-24-11-5-2-6-12-24)16-27-19-9-10-20-21(26)14-22(28-23(20)13-19)17-7-3-1-4-8-17/h1,3-4,7-10,13-14,18,25H,2,5-6,11-12,15-16H2. The molecule has 5 heteroatoms. The third-order valence-electron chi connectivity index (χ3n) is 5.12. The molecule has 28 heavy (non-hydrogen) atoms. The second-order valence-corrected chi connectivity index (χ2v) is 7.32. The van der Waals surface area contributed by atoms with Crippen molar-refractivity contribution < 1.29 is 14.3 Å². The van der Waals surface area contributed by atoms with E-state index in [1.807, 2.05) is 30.3 Å². The van der Waals surface area contributed by atoms with Crippen LogP contribution in [0.3, 0.4) is 0 Å². The molecule has 3 aromatic rings. The van der Waals surface area contributed by atoms with Crippen LogP contribution in [0.25, 0.3) is 22.3 Å². The lowest BCUT2D eigenvalue weighted by atomic mass is 10.1. The van der Waals surface area contributed by atoms with E-state index in [1.54, 1.807) is 18.2 Å². The quantitative estimate of drug-likeness (QED) is 0.708. The smallest absolute Gasteiger partial charge is 0.193 e. The van der Waals surface area contributed by atoms with Gasteiger partial charge in [-0.1, -0.05) is 36.8 Å². The molecule has 0 spiro atoms. The van der Waals surface area contributed by atoms with E-state index in [4.69, 9.17) is 9.15 Å². The van der Waals surface area contributed by atoms with Gasteiger partial charge in [0, 0.05) is 24.2 Å². The molecule has 5 nitrogen and oxygen atoms in total. The Bertz CT molecular complexity index is 977. The number of β-amino-alcohol motifs (C(OH)–C–C–N with tert-alkyl or cyclic N) is 1. The van der Waals surface area contributed by atoms with Gasteiger partial charge in [0.05, 0.1) is 5.39 Å². The van der Waals surface area contributed by atoms with Gasteiger partial charge in [-0.05, 0) is 38.1 Å². The van der Waals surface area contributed by atoms with Crippen molar-refractivity contribution in [2.45, 2.75) is 25.4 Å². The van der Waals surface area contributed by atoms with Crippen LogP contribution in [0.4, 0.5) is 0 Å². The molecule has 0 saturated carbocycles. The molecular formula is C23H25NO4. The van der Waals surface area contributed by atoms with Gasteiger partial charge in [0.25, 0.3) is 0 Å². The lowest BCUT2D eigenvalue weighted by Crippen LogP contribution is -2.38. The lowest BCUT2D eigenvalue weighted by molar-refractivity contribution is 0.0617. The zero-order chi connectivity index (χ0) is 19.3. The van der Waals surface area contributed by atoms with Crippen molar-refractivity contribution in [1.29, 1.82) is 0 Å². The Morgan fingerprint density at radius 3 is 2.61 bits per heavy atom. The molecule has 1 aromatic heterocycles. The first kappa shape index (κ1) is 18.7. The van der Waals surface area contributed by atoms with Crippen molar-refractivity contribution in [3.63, 3.8) is 0 Å². The van der Waals surface area contributed by atoms with Crippen molar-refractivity contribution in [2.75, 3.05) is 26.2 Å². The van der Waals surface area contributed by atoms with E-state index in [0.29, 0.717) is 29.0 Å². The molecule has 0 amide bonds. The highest BCUT2D eigenvalue weighted by Crippen LogP contribution is 2.25. The second-order valence-electron chi connectivity index (χ2n) is 7.32. The molecule has 1 aliphatic heterocycles. The van der Waals surface area contributed by atoms with Gasteiger partial charge in [0.2, 0.25) is 0 Å². The molecule has 4 rings (SSSR count). The van der Waals surface area contributed by atoms with E-state index >= 15 is 0 Å². The van der Waals surface area contributed by atoms with Crippen molar-refractivity contribution in [2.24, 2.45) is 0 Å². The minimum Gasteiger partial charge on any atom is -0.491 e. The molecule has 1 N–H and O–H groups in total. The summed E-state index contributed by atoms with van der Waals surface area (Å²) in [5.74, 6) is 1.11. The summed E-state index contributed by atoms with van der Waals surface area (Å²) < 4.78 is 11.7. The zero-order valence-corrected chi connectivity index (χ0v) is 15.8. The van der Waals surface area contributed by atoms with Crippen LogP contribution >= 0.6 is 0 Å². The number of aliphatic hydroxyl groups is 1. The first-order valence-electron chi connectivity index (χ1n) is 9.85. The van der Waals surface area contributed by atoms with Crippen molar-refractivity contribution in [3.8, 4) is 17.1 Å². The fourth-order valence-electron chi connectivity index (χ4n) is 3.66. The minimum atomic E-state index is -0.545. The summed E-state index contributed by atoms with van der Waals surface area (Å²) in [5, 5.41) is 10.8. The number of ether oxygens (including phenoxy) is 1.